The second-order valence-electron chi connectivity index (χ2n) is 12.3. The number of nitrogens with one attached hydrogen (secondary N) is 1. The Kier molecular flexibility index (Phi) is 10.4. The number of rotatable bonds is 7. The first-order valence-corrected chi connectivity index (χ1v) is 17.1. The number of carbonyl (C=O) groups excluding carboxylic acids is 4. The molecule has 5 bridgehead atoms. The molecule has 0 aromatic heterocycles. The van der Waals surface area contributed by atoms with E-state index in [-0.39, 0.29) is 45.1 Å². The van der Waals surface area contributed by atoms with Gasteiger partial charge in [-0.15, -0.1) is 0 Å². The Hall–Kier alpha value is -3.55. The molecule has 48 heavy (non-hydrogen) atoms. The maximum absolute atomic E-state index is 14.8. The van der Waals surface area contributed by atoms with Crippen molar-refractivity contribution < 1.29 is 38.5 Å². The number of methoxy groups -OCH3 is 1. The number of hydrogen-bond acceptors (Lipinski definition) is 8. The molecule has 4 heterocycles. The number of esters is 1. The van der Waals surface area contributed by atoms with Crippen LogP contribution < -0.4 is 10.2 Å². The lowest BCUT2D eigenvalue weighted by Crippen LogP contribution is -2.56. The summed E-state index contributed by atoms with van der Waals surface area (Å²) < 4.78 is 18.8. The minimum atomic E-state index is -1.48. The lowest BCUT2D eigenvalue weighted by atomic mass is 9.74. The van der Waals surface area contributed by atoms with Crippen LogP contribution in [0.1, 0.15) is 30.9 Å². The molecule has 0 radical (unpaired) electrons. The van der Waals surface area contributed by atoms with Crippen LogP contribution in [0.25, 0.3) is 0 Å². The van der Waals surface area contributed by atoms with Gasteiger partial charge in [0.25, 0.3) is 5.91 Å². The minimum Gasteiger partial charge on any atom is -0.455 e. The highest BCUT2D eigenvalue weighted by Gasteiger charge is 2.75. The van der Waals surface area contributed by atoms with Crippen LogP contribution in [0.5, 0.6) is 0 Å². The van der Waals surface area contributed by atoms with Crippen molar-refractivity contribution in [2.75, 3.05) is 38.3 Å². The molecule has 3 amide bonds. The molecule has 0 unspecified atom stereocenters. The van der Waals surface area contributed by atoms with Crippen LogP contribution >= 0.6 is 27.5 Å². The molecule has 254 valence electrons. The van der Waals surface area contributed by atoms with E-state index in [0.717, 1.165) is 0 Å². The summed E-state index contributed by atoms with van der Waals surface area (Å²) in [7, 11) is 1.50. The number of nitrogens with zero attached hydrogens (tertiary/aromatic N) is 2. The van der Waals surface area contributed by atoms with Crippen molar-refractivity contribution in [2.24, 2.45) is 11.8 Å². The van der Waals surface area contributed by atoms with Crippen molar-refractivity contribution in [2.45, 2.75) is 49.2 Å². The van der Waals surface area contributed by atoms with E-state index in [4.69, 9.17) is 25.8 Å². The molecule has 0 saturated carbocycles. The Morgan fingerprint density at radius 2 is 1.79 bits per heavy atom. The molecular weight excluding hydrogens is 706 g/mol. The number of hydrogen-bond donors (Lipinski definition) is 2. The van der Waals surface area contributed by atoms with Gasteiger partial charge in [-0.05, 0) is 48.7 Å². The summed E-state index contributed by atoms with van der Waals surface area (Å²) in [5.41, 5.74) is -0.311. The van der Waals surface area contributed by atoms with E-state index in [2.05, 4.69) is 21.2 Å². The fourth-order valence-corrected chi connectivity index (χ4v) is 8.10. The summed E-state index contributed by atoms with van der Waals surface area (Å²) >= 11 is 9.75. The lowest BCUT2D eigenvalue weighted by Gasteiger charge is -2.35. The number of allylic oxidation sites excluding steroid dienone is 1. The molecule has 7 atom stereocenters. The average molecular weight is 743 g/mol. The predicted octanol–water partition coefficient (Wildman–Crippen LogP) is 3.69. The van der Waals surface area contributed by atoms with Crippen LogP contribution in [-0.2, 0) is 33.4 Å². The summed E-state index contributed by atoms with van der Waals surface area (Å²) in [6, 6.07) is 13.9. The van der Waals surface area contributed by atoms with E-state index >= 15 is 0 Å². The van der Waals surface area contributed by atoms with Gasteiger partial charge in [0.05, 0.1) is 18.6 Å². The molecule has 13 heteroatoms. The first-order chi connectivity index (χ1) is 23.2. The number of aliphatic hydroxyl groups excluding tert-OH is 1. The fraction of sp³-hybridized carbons (Fsp3) is 0.429. The van der Waals surface area contributed by atoms with Gasteiger partial charge in [-0.1, -0.05) is 70.0 Å². The highest BCUT2D eigenvalue weighted by atomic mass is 79.9. The monoisotopic (exact) mass is 741 g/mol. The van der Waals surface area contributed by atoms with Crippen molar-refractivity contribution >= 4 is 56.9 Å². The third kappa shape index (κ3) is 6.32. The number of likely N-dealkylation sites (tertiary alicyclic amines) is 1. The van der Waals surface area contributed by atoms with Gasteiger partial charge in [-0.25, -0.2) is 0 Å². The maximum atomic E-state index is 14.8. The molecule has 6 rings (SSSR count). The number of anilines is 1. The number of carbonyl (C=O) groups is 4. The summed E-state index contributed by atoms with van der Waals surface area (Å²) in [5.74, 6) is -4.01. The topological polar surface area (TPSA) is 135 Å². The van der Waals surface area contributed by atoms with Gasteiger partial charge in [-0.3, -0.25) is 19.2 Å². The maximum Gasteiger partial charge on any atom is 0.313 e. The summed E-state index contributed by atoms with van der Waals surface area (Å²) in [5, 5.41) is 13.2. The third-order valence-corrected chi connectivity index (χ3v) is 10.2. The standard InChI is InChI=1S/C35H37BrClN3O8/c1-46-20-25-29(21-9-4-2-5-10-21)47-34(45)27-28-32(43)40(17-8-18-41)31(35(28)19-24(36)30(27)48-35)33(44)39(23-14-12-22(37)13-15-23)16-7-3-6-11-26(42)38-25/h2-5,7,9-10,12-15,19,25,27-31,41H,6,8,11,16-18,20H2,1H3,(H,38,42)/b7-3-/t25-,27+,28-,29-,30+,31+,35-/m0/s1. The van der Waals surface area contributed by atoms with Gasteiger partial charge in [0.2, 0.25) is 11.8 Å². The van der Waals surface area contributed by atoms with Gasteiger partial charge in [-0.2, -0.15) is 0 Å². The zero-order valence-electron chi connectivity index (χ0n) is 26.3. The molecule has 2 saturated heterocycles. The van der Waals surface area contributed by atoms with Crippen LogP contribution in [0, 0.1) is 11.8 Å². The Bertz CT molecular complexity index is 1600. The number of cyclic esters (lactones) is 1. The van der Waals surface area contributed by atoms with Crippen molar-refractivity contribution in [1.29, 1.82) is 0 Å². The van der Waals surface area contributed by atoms with Gasteiger partial charge >= 0.3 is 5.97 Å². The Balaban J connectivity index is 1.47. The molecule has 2 N–H and O–H groups in total. The van der Waals surface area contributed by atoms with Gasteiger partial charge in [0.15, 0.2) is 0 Å². The van der Waals surface area contributed by atoms with E-state index in [1.807, 2.05) is 12.1 Å². The molecule has 1 spiro atoms. The van der Waals surface area contributed by atoms with E-state index in [9.17, 15) is 24.3 Å². The van der Waals surface area contributed by atoms with Gasteiger partial charge in [0, 0.05) is 48.4 Å². The van der Waals surface area contributed by atoms with Crippen LogP contribution in [0.4, 0.5) is 5.69 Å². The number of aliphatic hydroxyl groups is 1. The molecule has 2 fully saturated rings. The molecular formula is C35H37BrClN3O8. The Labute approximate surface area is 292 Å². The first kappa shape index (κ1) is 34.3. The summed E-state index contributed by atoms with van der Waals surface area (Å²) in [4.78, 5) is 59.7. The van der Waals surface area contributed by atoms with Crippen LogP contribution in [0.2, 0.25) is 5.02 Å². The first-order valence-electron chi connectivity index (χ1n) is 15.9. The second-order valence-corrected chi connectivity index (χ2v) is 13.6. The van der Waals surface area contributed by atoms with Gasteiger partial charge < -0.3 is 34.4 Å². The molecule has 2 aromatic rings. The number of halogens is 2. The SMILES string of the molecule is COC[C@@H]1NC(=O)CC/C=C\CN(c2ccc(Cl)cc2)C(=O)[C@H]2N(CCCO)C(=O)[C@@H]3[C@@H](C(=O)O[C@H]1c1ccccc1)[C@@H]1O[C@@]32C=C1Br. The quantitative estimate of drug-likeness (QED) is 0.324. The highest BCUT2D eigenvalue weighted by Crippen LogP contribution is 2.59. The number of ether oxygens (including phenoxy) is 3. The normalized spacial score (nSPS) is 31.4. The van der Waals surface area contributed by atoms with Crippen molar-refractivity contribution in [3.8, 4) is 0 Å². The fourth-order valence-electron chi connectivity index (χ4n) is 7.24. The Morgan fingerprint density at radius 1 is 1.04 bits per heavy atom. The van der Waals surface area contributed by atoms with Crippen molar-refractivity contribution in [3.63, 3.8) is 0 Å². The predicted molar refractivity (Wildman–Crippen MR) is 180 cm³/mol. The van der Waals surface area contributed by atoms with E-state index in [1.54, 1.807) is 60.7 Å². The largest absolute Gasteiger partial charge is 0.455 e. The third-order valence-electron chi connectivity index (χ3n) is 9.32. The second kappa shape index (κ2) is 14.5. The zero-order valence-corrected chi connectivity index (χ0v) is 28.6. The average Bonchev–Trinajstić information content (AvgIpc) is 3.67. The van der Waals surface area contributed by atoms with E-state index in [0.29, 0.717) is 27.2 Å². The Morgan fingerprint density at radius 3 is 2.50 bits per heavy atom. The minimum absolute atomic E-state index is 0.0521. The summed E-state index contributed by atoms with van der Waals surface area (Å²) in [6.07, 6.45) is 4.27. The molecule has 11 nitrogen and oxygen atoms in total. The number of benzene rings is 2. The van der Waals surface area contributed by atoms with Gasteiger partial charge in [0.1, 0.15) is 29.8 Å². The molecule has 2 aromatic carbocycles. The molecule has 0 aliphatic carbocycles. The van der Waals surface area contributed by atoms with Crippen LogP contribution in [0.3, 0.4) is 0 Å². The number of amides is 3. The number of fused-ring (bicyclic) bond motifs is 2. The van der Waals surface area contributed by atoms with Crippen molar-refractivity contribution in [3.05, 3.63) is 87.9 Å². The smallest absolute Gasteiger partial charge is 0.313 e. The van der Waals surface area contributed by atoms with Crippen LogP contribution in [0.15, 0.2) is 77.3 Å². The highest BCUT2D eigenvalue weighted by molar-refractivity contribution is 9.11. The molecule has 4 aliphatic rings. The van der Waals surface area contributed by atoms with E-state index < -0.39 is 59.5 Å². The van der Waals surface area contributed by atoms with Crippen LogP contribution in [-0.4, -0.2) is 90.9 Å². The zero-order chi connectivity index (χ0) is 34.0. The molecule has 4 aliphatic heterocycles. The lowest BCUT2D eigenvalue weighted by molar-refractivity contribution is -0.162. The van der Waals surface area contributed by atoms with E-state index in [1.165, 1.54) is 16.9 Å². The summed E-state index contributed by atoms with van der Waals surface area (Å²) in [6.45, 7) is 0.0516. The van der Waals surface area contributed by atoms with Crippen molar-refractivity contribution in [1.82, 2.24) is 10.2 Å².